The topological polar surface area (TPSA) is 115 Å². The number of methoxy groups -OCH3 is 1. The fourth-order valence-corrected chi connectivity index (χ4v) is 4.11. The molecule has 1 saturated heterocycles. The number of H-pyrrole nitrogens is 1. The lowest BCUT2D eigenvalue weighted by molar-refractivity contribution is 0.0602. The number of aromatic nitrogens is 3. The number of esters is 1. The van der Waals surface area contributed by atoms with E-state index in [0.717, 1.165) is 48.3 Å². The van der Waals surface area contributed by atoms with Crippen LogP contribution < -0.4 is 15.5 Å². The molecule has 2 aromatic heterocycles. The fraction of sp³-hybridized carbons (Fsp3) is 0.240. The Hall–Kier alpha value is -4.11. The molecule has 0 unspecified atom stereocenters. The number of nitrogens with zero attached hydrogens (tertiary/aromatic N) is 3. The molecule has 1 aliphatic heterocycles. The first kappa shape index (κ1) is 21.7. The number of hydrogen-bond donors (Lipinski definition) is 4. The van der Waals surface area contributed by atoms with Crippen molar-refractivity contribution in [3.05, 3.63) is 66.4 Å². The van der Waals surface area contributed by atoms with Crippen molar-refractivity contribution in [1.29, 1.82) is 0 Å². The number of nitrogens with one attached hydrogen (secondary N) is 3. The van der Waals surface area contributed by atoms with Crippen molar-refractivity contribution in [3.63, 3.8) is 0 Å². The number of aliphatic hydroxyl groups excluding tert-OH is 1. The Balaban J connectivity index is 1.39. The van der Waals surface area contributed by atoms with Gasteiger partial charge in [-0.15, -0.1) is 0 Å². The van der Waals surface area contributed by atoms with Crippen LogP contribution in [-0.2, 0) is 4.74 Å². The van der Waals surface area contributed by atoms with E-state index in [1.165, 1.54) is 7.11 Å². The second-order valence-corrected chi connectivity index (χ2v) is 8.19. The van der Waals surface area contributed by atoms with Crippen LogP contribution in [0.25, 0.3) is 11.0 Å². The van der Waals surface area contributed by atoms with E-state index in [0.29, 0.717) is 23.0 Å². The zero-order chi connectivity index (χ0) is 23.5. The average Bonchev–Trinajstić information content (AvgIpc) is 3.34. The second kappa shape index (κ2) is 9.40. The lowest BCUT2D eigenvalue weighted by Crippen LogP contribution is -2.35. The molecule has 9 heteroatoms. The maximum absolute atomic E-state index is 12.2. The van der Waals surface area contributed by atoms with Gasteiger partial charge in [0.05, 0.1) is 30.0 Å². The van der Waals surface area contributed by atoms with Gasteiger partial charge in [0.2, 0.25) is 5.95 Å². The maximum Gasteiger partial charge on any atom is 0.339 e. The van der Waals surface area contributed by atoms with Crippen molar-refractivity contribution in [1.82, 2.24) is 15.0 Å². The van der Waals surface area contributed by atoms with Crippen molar-refractivity contribution < 1.29 is 14.6 Å². The fourth-order valence-electron chi connectivity index (χ4n) is 4.11. The summed E-state index contributed by atoms with van der Waals surface area (Å²) in [6.07, 6.45) is 3.18. The molecule has 0 radical (unpaired) electrons. The molecular formula is C25H26N6O3. The molecule has 2 aromatic carbocycles. The third-order valence-corrected chi connectivity index (χ3v) is 5.94. The summed E-state index contributed by atoms with van der Waals surface area (Å²) in [4.78, 5) is 26.9. The van der Waals surface area contributed by atoms with Gasteiger partial charge in [0.15, 0.2) is 5.82 Å². The van der Waals surface area contributed by atoms with Crippen LogP contribution in [0.1, 0.15) is 23.2 Å². The third kappa shape index (κ3) is 4.51. The van der Waals surface area contributed by atoms with Crippen molar-refractivity contribution in [3.8, 4) is 0 Å². The van der Waals surface area contributed by atoms with Gasteiger partial charge in [-0.25, -0.2) is 9.78 Å². The SMILES string of the molecule is COC(=O)c1ccccc1Nc1nc(Nc2ccc(N3CCC(O)CC3)cc2)nc2cc[nH]c12. The quantitative estimate of drug-likeness (QED) is 0.318. The van der Waals surface area contributed by atoms with Crippen LogP contribution in [0.2, 0.25) is 0 Å². The van der Waals surface area contributed by atoms with Crippen LogP contribution in [0.3, 0.4) is 0 Å². The van der Waals surface area contributed by atoms with Crippen LogP contribution >= 0.6 is 0 Å². The number of carbonyl (C=O) groups excluding carboxylic acids is 1. The minimum Gasteiger partial charge on any atom is -0.465 e. The van der Waals surface area contributed by atoms with Gasteiger partial charge < -0.3 is 30.4 Å². The summed E-state index contributed by atoms with van der Waals surface area (Å²) in [7, 11) is 1.36. The minimum atomic E-state index is -0.429. The van der Waals surface area contributed by atoms with Crippen LogP contribution in [0.4, 0.5) is 28.8 Å². The van der Waals surface area contributed by atoms with E-state index >= 15 is 0 Å². The summed E-state index contributed by atoms with van der Waals surface area (Å²) in [5.74, 6) is 0.540. The molecule has 9 nitrogen and oxygen atoms in total. The van der Waals surface area contributed by atoms with Crippen molar-refractivity contribution in [2.75, 3.05) is 35.7 Å². The Morgan fingerprint density at radius 3 is 2.59 bits per heavy atom. The van der Waals surface area contributed by atoms with Gasteiger partial charge in [-0.2, -0.15) is 4.98 Å². The lowest BCUT2D eigenvalue weighted by atomic mass is 10.1. The van der Waals surface area contributed by atoms with Gasteiger partial charge in [-0.1, -0.05) is 12.1 Å². The van der Waals surface area contributed by atoms with E-state index < -0.39 is 5.97 Å². The molecule has 1 aliphatic rings. The van der Waals surface area contributed by atoms with Gasteiger partial charge in [-0.3, -0.25) is 0 Å². The van der Waals surface area contributed by atoms with Crippen molar-refractivity contribution in [2.45, 2.75) is 18.9 Å². The van der Waals surface area contributed by atoms with E-state index in [9.17, 15) is 9.90 Å². The number of carbonyl (C=O) groups is 1. The molecule has 0 amide bonds. The molecule has 4 N–H and O–H groups in total. The van der Waals surface area contributed by atoms with Gasteiger partial charge in [0.25, 0.3) is 0 Å². The zero-order valence-corrected chi connectivity index (χ0v) is 18.8. The normalized spacial score (nSPS) is 14.2. The van der Waals surface area contributed by atoms with E-state index in [1.807, 2.05) is 24.3 Å². The van der Waals surface area contributed by atoms with Gasteiger partial charge in [0, 0.05) is 30.7 Å². The van der Waals surface area contributed by atoms with E-state index in [4.69, 9.17) is 4.74 Å². The molecule has 0 saturated carbocycles. The van der Waals surface area contributed by atoms with E-state index in [2.05, 4.69) is 42.6 Å². The Morgan fingerprint density at radius 1 is 1.06 bits per heavy atom. The third-order valence-electron chi connectivity index (χ3n) is 5.94. The summed E-state index contributed by atoms with van der Waals surface area (Å²) in [6, 6.07) is 17.1. The van der Waals surface area contributed by atoms with E-state index in [-0.39, 0.29) is 6.10 Å². The van der Waals surface area contributed by atoms with Crippen LogP contribution in [0, 0.1) is 0 Å². The number of ether oxygens (including phenoxy) is 1. The Labute approximate surface area is 196 Å². The van der Waals surface area contributed by atoms with E-state index in [1.54, 1.807) is 24.4 Å². The molecule has 0 atom stereocenters. The number of rotatable bonds is 6. The number of anilines is 5. The largest absolute Gasteiger partial charge is 0.465 e. The predicted octanol–water partition coefficient (Wildman–Crippen LogP) is 4.19. The highest BCUT2D eigenvalue weighted by molar-refractivity contribution is 5.98. The van der Waals surface area contributed by atoms with Gasteiger partial charge in [-0.05, 0) is 55.3 Å². The smallest absolute Gasteiger partial charge is 0.339 e. The first-order valence-electron chi connectivity index (χ1n) is 11.2. The van der Waals surface area contributed by atoms with Crippen LogP contribution in [-0.4, -0.2) is 52.3 Å². The molecule has 174 valence electrons. The summed E-state index contributed by atoms with van der Waals surface area (Å²) >= 11 is 0. The first-order chi connectivity index (χ1) is 16.6. The molecule has 0 bridgehead atoms. The Morgan fingerprint density at radius 2 is 1.82 bits per heavy atom. The summed E-state index contributed by atoms with van der Waals surface area (Å²) < 4.78 is 4.90. The summed E-state index contributed by atoms with van der Waals surface area (Å²) in [5.41, 5.74) is 4.45. The number of aliphatic hydroxyl groups is 1. The molecule has 4 aromatic rings. The number of para-hydroxylation sites is 1. The summed E-state index contributed by atoms with van der Waals surface area (Å²) in [5, 5.41) is 16.3. The highest BCUT2D eigenvalue weighted by Gasteiger charge is 2.18. The van der Waals surface area contributed by atoms with Gasteiger partial charge >= 0.3 is 5.97 Å². The number of benzene rings is 2. The number of hydrogen-bond acceptors (Lipinski definition) is 8. The maximum atomic E-state index is 12.2. The molecular weight excluding hydrogens is 432 g/mol. The zero-order valence-electron chi connectivity index (χ0n) is 18.8. The van der Waals surface area contributed by atoms with Crippen LogP contribution in [0.15, 0.2) is 60.8 Å². The van der Waals surface area contributed by atoms with Crippen molar-refractivity contribution in [2.24, 2.45) is 0 Å². The highest BCUT2D eigenvalue weighted by atomic mass is 16.5. The molecule has 34 heavy (non-hydrogen) atoms. The first-order valence-corrected chi connectivity index (χ1v) is 11.2. The van der Waals surface area contributed by atoms with Crippen molar-refractivity contribution >= 4 is 45.8 Å². The molecule has 5 rings (SSSR count). The van der Waals surface area contributed by atoms with Crippen LogP contribution in [0.5, 0.6) is 0 Å². The molecule has 1 fully saturated rings. The number of piperidine rings is 1. The summed E-state index contributed by atoms with van der Waals surface area (Å²) in [6.45, 7) is 1.70. The molecule has 0 aliphatic carbocycles. The predicted molar refractivity (Wildman–Crippen MR) is 132 cm³/mol. The molecule has 0 spiro atoms. The number of fused-ring (bicyclic) bond motifs is 1. The van der Waals surface area contributed by atoms with Gasteiger partial charge in [0.1, 0.15) is 5.52 Å². The monoisotopic (exact) mass is 458 g/mol. The Bertz CT molecular complexity index is 1300. The number of aromatic amines is 1. The minimum absolute atomic E-state index is 0.194. The lowest BCUT2D eigenvalue weighted by Gasteiger charge is -2.31. The standard InChI is InChI=1S/C25H26N6O3/c1-34-24(33)19-4-2-3-5-20(19)28-23-22-21(10-13-26-22)29-25(30-23)27-16-6-8-17(9-7-16)31-14-11-18(32)12-15-31/h2-10,13,18,26,32H,11-12,14-15H2,1H3,(H2,27,28,29,30). The highest BCUT2D eigenvalue weighted by Crippen LogP contribution is 2.28. The second-order valence-electron chi connectivity index (χ2n) is 8.19. The Kier molecular flexibility index (Phi) is 6.01. The molecule has 3 heterocycles. The average molecular weight is 459 g/mol.